The SMILES string of the molecule is CN1CCN(C(=O)CSc2nc3ccccc3c(=O)n2-c2cccc(Cl)c2)CC1. The highest BCUT2D eigenvalue weighted by molar-refractivity contribution is 7.99. The maximum Gasteiger partial charge on any atom is 0.266 e. The molecule has 2 aromatic carbocycles. The third kappa shape index (κ3) is 4.32. The smallest absolute Gasteiger partial charge is 0.266 e. The average Bonchev–Trinajstić information content (AvgIpc) is 2.72. The molecule has 0 saturated carbocycles. The van der Waals surface area contributed by atoms with Gasteiger partial charge < -0.3 is 9.80 Å². The van der Waals surface area contributed by atoms with E-state index < -0.39 is 0 Å². The molecule has 8 heteroatoms. The van der Waals surface area contributed by atoms with Gasteiger partial charge in [0.15, 0.2) is 5.16 Å². The molecule has 6 nitrogen and oxygen atoms in total. The van der Waals surface area contributed by atoms with Crippen LogP contribution in [0.1, 0.15) is 0 Å². The lowest BCUT2D eigenvalue weighted by Crippen LogP contribution is -2.47. The van der Waals surface area contributed by atoms with Crippen molar-refractivity contribution in [2.24, 2.45) is 0 Å². The van der Waals surface area contributed by atoms with Gasteiger partial charge in [-0.15, -0.1) is 0 Å². The van der Waals surface area contributed by atoms with Crippen molar-refractivity contribution < 1.29 is 4.79 Å². The van der Waals surface area contributed by atoms with Crippen molar-refractivity contribution in [1.82, 2.24) is 19.4 Å². The Kier molecular flexibility index (Phi) is 5.89. The van der Waals surface area contributed by atoms with Gasteiger partial charge in [0.2, 0.25) is 5.91 Å². The molecule has 2 heterocycles. The molecule has 1 fully saturated rings. The molecule has 0 radical (unpaired) electrons. The molecule has 4 rings (SSSR count). The van der Waals surface area contributed by atoms with Gasteiger partial charge in [0.05, 0.1) is 22.3 Å². The number of hydrogen-bond donors (Lipinski definition) is 0. The Balaban J connectivity index is 1.68. The molecule has 0 unspecified atom stereocenters. The highest BCUT2D eigenvalue weighted by Gasteiger charge is 2.21. The van der Waals surface area contributed by atoms with Crippen LogP contribution >= 0.6 is 23.4 Å². The maximum absolute atomic E-state index is 13.2. The monoisotopic (exact) mass is 428 g/mol. The summed E-state index contributed by atoms with van der Waals surface area (Å²) in [6.45, 7) is 3.19. The van der Waals surface area contributed by atoms with Crippen molar-refractivity contribution in [3.05, 3.63) is 63.9 Å². The number of amides is 1. The Hall–Kier alpha value is -2.35. The lowest BCUT2D eigenvalue weighted by Gasteiger charge is -2.32. The van der Waals surface area contributed by atoms with E-state index in [0.717, 1.165) is 26.2 Å². The number of carbonyl (C=O) groups is 1. The van der Waals surface area contributed by atoms with Crippen molar-refractivity contribution >= 4 is 40.2 Å². The number of likely N-dealkylation sites (N-methyl/N-ethyl adjacent to an activating group) is 1. The van der Waals surface area contributed by atoms with Crippen molar-refractivity contribution in [1.29, 1.82) is 0 Å². The highest BCUT2D eigenvalue weighted by Crippen LogP contribution is 2.23. The number of halogens is 1. The fourth-order valence-corrected chi connectivity index (χ4v) is 4.43. The van der Waals surface area contributed by atoms with Crippen LogP contribution in [0, 0.1) is 0 Å². The van der Waals surface area contributed by atoms with Crippen LogP contribution < -0.4 is 5.56 Å². The van der Waals surface area contributed by atoms with E-state index in [-0.39, 0.29) is 17.2 Å². The summed E-state index contributed by atoms with van der Waals surface area (Å²) in [7, 11) is 2.05. The molecule has 0 spiro atoms. The topological polar surface area (TPSA) is 58.4 Å². The van der Waals surface area contributed by atoms with Crippen LogP contribution in [0.3, 0.4) is 0 Å². The Bertz CT molecular complexity index is 1110. The van der Waals surface area contributed by atoms with Crippen LogP contribution in [0.25, 0.3) is 16.6 Å². The molecule has 1 amide bonds. The first-order valence-electron chi connectivity index (χ1n) is 9.40. The maximum atomic E-state index is 13.2. The van der Waals surface area contributed by atoms with Gasteiger partial charge in [0.25, 0.3) is 5.56 Å². The third-order valence-corrected chi connectivity index (χ3v) is 6.15. The van der Waals surface area contributed by atoms with Crippen LogP contribution in [-0.4, -0.2) is 64.2 Å². The van der Waals surface area contributed by atoms with Gasteiger partial charge in [-0.2, -0.15) is 0 Å². The minimum atomic E-state index is -0.174. The van der Waals surface area contributed by atoms with Crippen LogP contribution in [0.15, 0.2) is 58.5 Å². The van der Waals surface area contributed by atoms with E-state index in [0.29, 0.717) is 26.8 Å². The molecule has 1 aliphatic rings. The summed E-state index contributed by atoms with van der Waals surface area (Å²) >= 11 is 7.43. The van der Waals surface area contributed by atoms with Gasteiger partial charge >= 0.3 is 0 Å². The zero-order chi connectivity index (χ0) is 20.4. The minimum absolute atomic E-state index is 0.0585. The number of thioether (sulfide) groups is 1. The molecule has 0 bridgehead atoms. The Morgan fingerprint density at radius 2 is 1.86 bits per heavy atom. The fourth-order valence-electron chi connectivity index (χ4n) is 3.33. The fraction of sp³-hybridized carbons (Fsp3) is 0.286. The van der Waals surface area contributed by atoms with E-state index in [1.165, 1.54) is 16.3 Å². The number of nitrogens with zero attached hydrogens (tertiary/aromatic N) is 4. The first-order valence-corrected chi connectivity index (χ1v) is 10.8. The molecule has 150 valence electrons. The molecule has 3 aromatic rings. The summed E-state index contributed by atoms with van der Waals surface area (Å²) < 4.78 is 1.54. The number of fused-ring (bicyclic) bond motifs is 1. The zero-order valence-corrected chi connectivity index (χ0v) is 17.6. The first-order chi connectivity index (χ1) is 14.0. The van der Waals surface area contributed by atoms with Crippen LogP contribution in [-0.2, 0) is 4.79 Å². The number of hydrogen-bond acceptors (Lipinski definition) is 5. The van der Waals surface area contributed by atoms with E-state index in [1.807, 2.05) is 29.2 Å². The highest BCUT2D eigenvalue weighted by atomic mass is 35.5. The summed E-state index contributed by atoms with van der Waals surface area (Å²) in [6.07, 6.45) is 0. The molecule has 0 N–H and O–H groups in total. The summed E-state index contributed by atoms with van der Waals surface area (Å²) in [5, 5.41) is 1.55. The second-order valence-electron chi connectivity index (χ2n) is 7.00. The van der Waals surface area contributed by atoms with Gasteiger partial charge in [-0.1, -0.05) is 41.6 Å². The van der Waals surface area contributed by atoms with Gasteiger partial charge in [-0.25, -0.2) is 4.98 Å². The van der Waals surface area contributed by atoms with Crippen molar-refractivity contribution in [2.45, 2.75) is 5.16 Å². The van der Waals surface area contributed by atoms with Crippen molar-refractivity contribution in [3.8, 4) is 5.69 Å². The second-order valence-corrected chi connectivity index (χ2v) is 8.38. The zero-order valence-electron chi connectivity index (χ0n) is 16.0. The molecule has 1 saturated heterocycles. The Morgan fingerprint density at radius 1 is 1.10 bits per heavy atom. The Morgan fingerprint density at radius 3 is 2.62 bits per heavy atom. The van der Waals surface area contributed by atoms with Gasteiger partial charge in [-0.3, -0.25) is 14.2 Å². The third-order valence-electron chi connectivity index (χ3n) is 4.99. The molecular weight excluding hydrogens is 408 g/mol. The number of carbonyl (C=O) groups excluding carboxylic acids is 1. The molecule has 1 aliphatic heterocycles. The van der Waals surface area contributed by atoms with Crippen LogP contribution in [0.2, 0.25) is 5.02 Å². The largest absolute Gasteiger partial charge is 0.339 e. The van der Waals surface area contributed by atoms with Crippen molar-refractivity contribution in [2.75, 3.05) is 39.0 Å². The Labute approximate surface area is 178 Å². The van der Waals surface area contributed by atoms with Gasteiger partial charge in [-0.05, 0) is 37.4 Å². The molecular formula is C21H21ClN4O2S. The van der Waals surface area contributed by atoms with Crippen LogP contribution in [0.4, 0.5) is 0 Å². The molecule has 1 aromatic heterocycles. The summed E-state index contributed by atoms with van der Waals surface area (Å²) in [5.41, 5.74) is 1.08. The summed E-state index contributed by atoms with van der Waals surface area (Å²) in [5.74, 6) is 0.290. The summed E-state index contributed by atoms with van der Waals surface area (Å²) in [4.78, 5) is 34.6. The molecule has 29 heavy (non-hydrogen) atoms. The second kappa shape index (κ2) is 8.57. The average molecular weight is 429 g/mol. The lowest BCUT2D eigenvalue weighted by molar-refractivity contribution is -0.129. The number of aromatic nitrogens is 2. The van der Waals surface area contributed by atoms with E-state index in [9.17, 15) is 9.59 Å². The van der Waals surface area contributed by atoms with Gasteiger partial charge in [0, 0.05) is 31.2 Å². The van der Waals surface area contributed by atoms with E-state index in [1.54, 1.807) is 24.3 Å². The number of benzene rings is 2. The molecule has 0 aliphatic carbocycles. The quantitative estimate of drug-likeness (QED) is 0.472. The van der Waals surface area contributed by atoms with Crippen LogP contribution in [0.5, 0.6) is 0 Å². The number of rotatable bonds is 4. The summed E-state index contributed by atoms with van der Waals surface area (Å²) in [6, 6.07) is 14.3. The van der Waals surface area contributed by atoms with E-state index in [4.69, 9.17) is 11.6 Å². The normalized spacial score (nSPS) is 15.0. The van der Waals surface area contributed by atoms with Gasteiger partial charge in [0.1, 0.15) is 0 Å². The first kappa shape index (κ1) is 19.9. The standard InChI is InChI=1S/C21H21ClN4O2S/c1-24-9-11-25(12-10-24)19(27)14-29-21-23-18-8-3-2-7-17(18)20(28)26(21)16-6-4-5-15(22)13-16/h2-8,13H,9-12,14H2,1H3. The van der Waals surface area contributed by atoms with E-state index >= 15 is 0 Å². The van der Waals surface area contributed by atoms with Crippen molar-refractivity contribution in [3.63, 3.8) is 0 Å². The predicted octanol–water partition coefficient (Wildman–Crippen LogP) is 2.91. The molecule has 0 atom stereocenters. The number of para-hydroxylation sites is 1. The minimum Gasteiger partial charge on any atom is -0.339 e. The lowest BCUT2D eigenvalue weighted by atomic mass is 10.2. The number of piperazine rings is 1. The van der Waals surface area contributed by atoms with E-state index in [2.05, 4.69) is 16.9 Å². The predicted molar refractivity (Wildman–Crippen MR) is 117 cm³/mol.